The highest BCUT2D eigenvalue weighted by atomic mass is 16.5. The maximum absolute atomic E-state index is 14.0. The van der Waals surface area contributed by atoms with E-state index in [0.717, 1.165) is 37.7 Å². The van der Waals surface area contributed by atoms with Gasteiger partial charge in [0.15, 0.2) is 0 Å². The predicted molar refractivity (Wildman–Crippen MR) is 208 cm³/mol. The molecule has 278 valence electrons. The number of phenols is 1. The number of unbranched alkanes of at least 4 members (excludes halogenated alkanes) is 10. The van der Waals surface area contributed by atoms with Crippen molar-refractivity contribution in [2.45, 2.75) is 110 Å². The maximum Gasteiger partial charge on any atom is 0.303 e. The molecule has 4 aromatic carbocycles. The Morgan fingerprint density at radius 2 is 1.33 bits per heavy atom. The molecule has 0 saturated heterocycles. The molecule has 0 aliphatic rings. The highest BCUT2D eigenvalue weighted by Crippen LogP contribution is 2.39. The lowest BCUT2D eigenvalue weighted by molar-refractivity contribution is -0.138. The van der Waals surface area contributed by atoms with Crippen molar-refractivity contribution < 1.29 is 34.1 Å². The second-order valence-electron chi connectivity index (χ2n) is 13.3. The molecule has 0 unspecified atom stereocenters. The highest BCUT2D eigenvalue weighted by Gasteiger charge is 2.20. The van der Waals surface area contributed by atoms with Crippen LogP contribution in [-0.2, 0) is 16.0 Å². The number of amides is 2. The van der Waals surface area contributed by atoms with Gasteiger partial charge in [0, 0.05) is 22.9 Å². The van der Waals surface area contributed by atoms with Crippen LogP contribution in [-0.4, -0.2) is 34.6 Å². The van der Waals surface area contributed by atoms with Crippen molar-refractivity contribution in [3.8, 4) is 23.0 Å². The lowest BCUT2D eigenvalue weighted by Crippen LogP contribution is -2.14. The van der Waals surface area contributed by atoms with Gasteiger partial charge in [0.25, 0.3) is 5.91 Å². The molecule has 52 heavy (non-hydrogen) atoms. The van der Waals surface area contributed by atoms with Crippen molar-refractivity contribution >= 4 is 39.9 Å². The Hall–Kier alpha value is -5.05. The molecule has 4 N–H and O–H groups in total. The zero-order valence-corrected chi connectivity index (χ0v) is 30.7. The molecule has 0 atom stereocenters. The van der Waals surface area contributed by atoms with Crippen molar-refractivity contribution in [3.63, 3.8) is 0 Å². The number of nitrogens with one attached hydrogen (secondary N) is 2. The molecule has 0 aliphatic heterocycles. The van der Waals surface area contributed by atoms with Crippen molar-refractivity contribution in [3.05, 3.63) is 83.9 Å². The van der Waals surface area contributed by atoms with Crippen LogP contribution in [0.4, 0.5) is 11.4 Å². The monoisotopic (exact) mass is 710 g/mol. The van der Waals surface area contributed by atoms with E-state index in [1.54, 1.807) is 36.4 Å². The molecular formula is C43H54N2O7. The van der Waals surface area contributed by atoms with Crippen molar-refractivity contribution in [2.75, 3.05) is 17.2 Å². The minimum atomic E-state index is -1.04. The van der Waals surface area contributed by atoms with Crippen LogP contribution in [0.5, 0.6) is 23.0 Å². The zero-order chi connectivity index (χ0) is 37.1. The number of fused-ring (bicyclic) bond motifs is 1. The van der Waals surface area contributed by atoms with Crippen molar-refractivity contribution in [1.29, 1.82) is 0 Å². The molecule has 0 radical (unpaired) electrons. The number of anilines is 2. The Balaban J connectivity index is 1.53. The number of aromatic hydroxyl groups is 1. The third-order valence-corrected chi connectivity index (χ3v) is 9.02. The molecule has 0 bridgehead atoms. The van der Waals surface area contributed by atoms with Crippen molar-refractivity contribution in [1.82, 2.24) is 0 Å². The van der Waals surface area contributed by atoms with Crippen LogP contribution in [0.2, 0.25) is 0 Å². The Morgan fingerprint density at radius 1 is 0.673 bits per heavy atom. The standard InChI is InChI=1S/C43H54N2O7/c1-3-5-7-9-11-13-17-31-20-25-38(51-28-16-12-10-8-6-4-2)37(29-31)45-43(50)36-30-39(34-18-14-15-19-35(34)42(36)49)52-33-23-21-32(22-24-33)44-40(46)26-27-41(47)48/h14-15,18-25,29-30,49H,3-13,16-17,26-28H2,1-2H3,(H,44,46)(H,45,50)(H,47,48). The van der Waals surface area contributed by atoms with Gasteiger partial charge < -0.3 is 30.3 Å². The average molecular weight is 711 g/mol. The quantitative estimate of drug-likeness (QED) is 0.0563. The summed E-state index contributed by atoms with van der Waals surface area (Å²) in [6.45, 7) is 4.98. The molecule has 9 heteroatoms. The summed E-state index contributed by atoms with van der Waals surface area (Å²) in [4.78, 5) is 36.8. The molecule has 0 aliphatic carbocycles. The first-order valence-corrected chi connectivity index (χ1v) is 18.9. The minimum Gasteiger partial charge on any atom is -0.506 e. The lowest BCUT2D eigenvalue weighted by atomic mass is 10.0. The van der Waals surface area contributed by atoms with E-state index in [9.17, 15) is 19.5 Å². The van der Waals surface area contributed by atoms with Gasteiger partial charge in [0.05, 0.1) is 24.3 Å². The molecular weight excluding hydrogens is 656 g/mol. The van der Waals surface area contributed by atoms with Gasteiger partial charge in [-0.15, -0.1) is 0 Å². The van der Waals surface area contributed by atoms with Gasteiger partial charge in [-0.2, -0.15) is 0 Å². The number of ether oxygens (including phenoxy) is 2. The van der Waals surface area contributed by atoms with Gasteiger partial charge in [-0.25, -0.2) is 0 Å². The summed E-state index contributed by atoms with van der Waals surface area (Å²) in [6, 6.07) is 21.3. The van der Waals surface area contributed by atoms with Gasteiger partial charge in [-0.05, 0) is 67.3 Å². The number of hydrogen-bond donors (Lipinski definition) is 4. The SMILES string of the molecule is CCCCCCCCOc1ccc(CCCCCCCC)cc1NC(=O)c1cc(Oc2ccc(NC(=O)CCC(=O)O)cc2)c2ccccc2c1O. The van der Waals surface area contributed by atoms with E-state index in [1.807, 2.05) is 24.3 Å². The smallest absolute Gasteiger partial charge is 0.303 e. The van der Waals surface area contributed by atoms with Gasteiger partial charge >= 0.3 is 5.97 Å². The third kappa shape index (κ3) is 12.6. The molecule has 0 heterocycles. The number of benzene rings is 4. The number of carbonyl (C=O) groups is 3. The molecule has 4 rings (SSSR count). The van der Waals surface area contributed by atoms with Gasteiger partial charge in [-0.1, -0.05) is 108 Å². The lowest BCUT2D eigenvalue weighted by Gasteiger charge is -2.17. The Bertz CT molecular complexity index is 1750. The predicted octanol–water partition coefficient (Wildman–Crippen LogP) is 11.0. The Kier molecular flexibility index (Phi) is 16.3. The second-order valence-corrected chi connectivity index (χ2v) is 13.3. The van der Waals surface area contributed by atoms with E-state index in [4.69, 9.17) is 14.6 Å². The zero-order valence-electron chi connectivity index (χ0n) is 30.7. The van der Waals surface area contributed by atoms with E-state index >= 15 is 0 Å². The maximum atomic E-state index is 14.0. The molecule has 4 aromatic rings. The van der Waals surface area contributed by atoms with Crippen LogP contribution in [0.3, 0.4) is 0 Å². The first-order valence-electron chi connectivity index (χ1n) is 18.9. The van der Waals surface area contributed by atoms with E-state index in [0.29, 0.717) is 46.0 Å². The normalized spacial score (nSPS) is 11.0. The van der Waals surface area contributed by atoms with Crippen LogP contribution in [0.25, 0.3) is 10.8 Å². The number of carbonyl (C=O) groups excluding carboxylic acids is 2. The number of phenolic OH excluding ortho intramolecular Hbond substituents is 1. The molecule has 0 aromatic heterocycles. The fourth-order valence-corrected chi connectivity index (χ4v) is 6.08. The largest absolute Gasteiger partial charge is 0.506 e. The van der Waals surface area contributed by atoms with E-state index in [1.165, 1.54) is 57.4 Å². The van der Waals surface area contributed by atoms with Crippen LogP contribution in [0.1, 0.15) is 120 Å². The average Bonchev–Trinajstić information content (AvgIpc) is 3.14. The van der Waals surface area contributed by atoms with Gasteiger partial charge in [-0.3, -0.25) is 14.4 Å². The number of carboxylic acid groups (broad SMARTS) is 1. The summed E-state index contributed by atoms with van der Waals surface area (Å²) in [7, 11) is 0. The van der Waals surface area contributed by atoms with Gasteiger partial charge in [0.2, 0.25) is 5.91 Å². The summed E-state index contributed by atoms with van der Waals surface area (Å²) in [5.74, 6) is -0.680. The Labute approximate surface area is 307 Å². The van der Waals surface area contributed by atoms with Crippen LogP contribution >= 0.6 is 0 Å². The Morgan fingerprint density at radius 3 is 2.02 bits per heavy atom. The fraction of sp³-hybridized carbons (Fsp3) is 0.419. The van der Waals surface area contributed by atoms with E-state index < -0.39 is 17.8 Å². The first-order chi connectivity index (χ1) is 25.3. The highest BCUT2D eigenvalue weighted by molar-refractivity contribution is 6.11. The fourth-order valence-electron chi connectivity index (χ4n) is 6.08. The van der Waals surface area contributed by atoms with Crippen LogP contribution in [0, 0.1) is 0 Å². The van der Waals surface area contributed by atoms with E-state index in [2.05, 4.69) is 30.5 Å². The number of carboxylic acids is 1. The number of rotatable bonds is 23. The minimum absolute atomic E-state index is 0.0548. The summed E-state index contributed by atoms with van der Waals surface area (Å²) >= 11 is 0. The van der Waals surface area contributed by atoms with Gasteiger partial charge in [0.1, 0.15) is 23.0 Å². The second kappa shape index (κ2) is 21.3. The molecule has 0 spiro atoms. The van der Waals surface area contributed by atoms with Crippen LogP contribution < -0.4 is 20.1 Å². The molecule has 9 nitrogen and oxygen atoms in total. The topological polar surface area (TPSA) is 134 Å². The van der Waals surface area contributed by atoms with Crippen molar-refractivity contribution in [2.24, 2.45) is 0 Å². The summed E-state index contributed by atoms with van der Waals surface area (Å²) < 4.78 is 12.5. The van der Waals surface area contributed by atoms with Crippen LogP contribution in [0.15, 0.2) is 72.8 Å². The summed E-state index contributed by atoms with van der Waals surface area (Å²) in [5, 5.41) is 27.0. The summed E-state index contributed by atoms with van der Waals surface area (Å²) in [5.41, 5.74) is 2.23. The summed E-state index contributed by atoms with van der Waals surface area (Å²) in [6.07, 6.45) is 14.6. The first kappa shape index (κ1) is 39.7. The number of aryl methyl sites for hydroxylation is 1. The molecule has 0 fully saturated rings. The number of aliphatic carboxylic acids is 1. The molecule has 0 saturated carbocycles. The molecule has 2 amide bonds. The van der Waals surface area contributed by atoms with E-state index in [-0.39, 0.29) is 24.2 Å². The number of hydrogen-bond acceptors (Lipinski definition) is 6. The third-order valence-electron chi connectivity index (χ3n) is 9.02.